The van der Waals surface area contributed by atoms with Crippen LogP contribution in [0.1, 0.15) is 25.5 Å². The van der Waals surface area contributed by atoms with Crippen molar-refractivity contribution >= 4 is 22.6 Å². The fraction of sp³-hybridized carbons (Fsp3) is 0.267. The van der Waals surface area contributed by atoms with E-state index in [1.54, 1.807) is 6.20 Å². The zero-order valence-corrected chi connectivity index (χ0v) is 13.2. The van der Waals surface area contributed by atoms with Gasteiger partial charge in [0, 0.05) is 21.9 Å². The van der Waals surface area contributed by atoms with Crippen LogP contribution in [-0.4, -0.2) is 11.5 Å². The van der Waals surface area contributed by atoms with Crippen molar-refractivity contribution in [3.63, 3.8) is 0 Å². The molecule has 0 spiro atoms. The third-order valence-corrected chi connectivity index (χ3v) is 3.52. The van der Waals surface area contributed by atoms with Gasteiger partial charge in [0.25, 0.3) is 0 Å². The Morgan fingerprint density at radius 1 is 1.26 bits per heavy atom. The molecular formula is C15H17IN2O. The molecule has 0 saturated heterocycles. The molecule has 19 heavy (non-hydrogen) atoms. The van der Waals surface area contributed by atoms with Crippen LogP contribution in [0.5, 0.6) is 11.6 Å². The highest BCUT2D eigenvalue weighted by Gasteiger charge is 2.06. The largest absolute Gasteiger partial charge is 0.439 e. The molecule has 1 atom stereocenters. The molecule has 0 radical (unpaired) electrons. The SMILES string of the molecule is CCNC(C)c1ccnc(Oc2ccc(I)cc2)c1. The van der Waals surface area contributed by atoms with Crippen molar-refractivity contribution in [3.05, 3.63) is 51.7 Å². The summed E-state index contributed by atoms with van der Waals surface area (Å²) < 4.78 is 6.95. The number of halogens is 1. The Kier molecular flexibility index (Phi) is 5.15. The molecule has 4 heteroatoms. The van der Waals surface area contributed by atoms with Crippen molar-refractivity contribution < 1.29 is 4.74 Å². The van der Waals surface area contributed by atoms with E-state index in [1.807, 2.05) is 36.4 Å². The van der Waals surface area contributed by atoms with Gasteiger partial charge in [0.2, 0.25) is 5.88 Å². The summed E-state index contributed by atoms with van der Waals surface area (Å²) in [5.74, 6) is 1.43. The first-order valence-electron chi connectivity index (χ1n) is 6.32. The Hall–Kier alpha value is -1.14. The van der Waals surface area contributed by atoms with Gasteiger partial charge in [-0.1, -0.05) is 6.92 Å². The summed E-state index contributed by atoms with van der Waals surface area (Å²) in [6.45, 7) is 5.17. The fourth-order valence-electron chi connectivity index (χ4n) is 1.80. The van der Waals surface area contributed by atoms with Gasteiger partial charge in [-0.15, -0.1) is 0 Å². The average molecular weight is 368 g/mol. The first-order chi connectivity index (χ1) is 9.19. The Labute approximate surface area is 127 Å². The maximum atomic E-state index is 5.76. The predicted molar refractivity (Wildman–Crippen MR) is 85.6 cm³/mol. The van der Waals surface area contributed by atoms with E-state index in [9.17, 15) is 0 Å². The van der Waals surface area contributed by atoms with Gasteiger partial charge >= 0.3 is 0 Å². The standard InChI is InChI=1S/C15H17IN2O/c1-3-17-11(2)12-8-9-18-15(10-12)19-14-6-4-13(16)5-7-14/h4-11,17H,3H2,1-2H3. The summed E-state index contributed by atoms with van der Waals surface area (Å²) in [5, 5.41) is 3.38. The molecule has 1 aromatic carbocycles. The molecule has 0 aliphatic carbocycles. The van der Waals surface area contributed by atoms with Crippen molar-refractivity contribution in [2.24, 2.45) is 0 Å². The van der Waals surface area contributed by atoms with Gasteiger partial charge in [0.15, 0.2) is 0 Å². The van der Waals surface area contributed by atoms with Crippen LogP contribution >= 0.6 is 22.6 Å². The first-order valence-corrected chi connectivity index (χ1v) is 7.39. The summed E-state index contributed by atoms with van der Waals surface area (Å²) in [4.78, 5) is 4.25. The number of rotatable bonds is 5. The lowest BCUT2D eigenvalue weighted by Gasteiger charge is -2.13. The zero-order valence-electron chi connectivity index (χ0n) is 11.1. The van der Waals surface area contributed by atoms with Crippen molar-refractivity contribution in [1.82, 2.24) is 10.3 Å². The van der Waals surface area contributed by atoms with Gasteiger partial charge in [0.05, 0.1) is 0 Å². The molecule has 0 bridgehead atoms. The molecule has 1 aromatic heterocycles. The number of nitrogens with zero attached hydrogens (tertiary/aromatic N) is 1. The molecule has 1 unspecified atom stereocenters. The highest BCUT2D eigenvalue weighted by Crippen LogP contribution is 2.23. The van der Waals surface area contributed by atoms with Crippen LogP contribution in [0.3, 0.4) is 0 Å². The third kappa shape index (κ3) is 4.18. The summed E-state index contributed by atoms with van der Waals surface area (Å²) in [6.07, 6.45) is 1.78. The van der Waals surface area contributed by atoms with E-state index in [2.05, 4.69) is 46.7 Å². The second-order valence-corrected chi connectivity index (χ2v) is 5.51. The summed E-state index contributed by atoms with van der Waals surface area (Å²) in [6, 6.07) is 12.2. The Balaban J connectivity index is 2.12. The minimum absolute atomic E-state index is 0.298. The van der Waals surface area contributed by atoms with Crippen LogP contribution in [0.25, 0.3) is 0 Å². The topological polar surface area (TPSA) is 34.2 Å². The van der Waals surface area contributed by atoms with Crippen LogP contribution < -0.4 is 10.1 Å². The number of hydrogen-bond donors (Lipinski definition) is 1. The van der Waals surface area contributed by atoms with Crippen molar-refractivity contribution in [3.8, 4) is 11.6 Å². The van der Waals surface area contributed by atoms with E-state index < -0.39 is 0 Å². The monoisotopic (exact) mass is 368 g/mol. The molecule has 0 aliphatic heterocycles. The average Bonchev–Trinajstić information content (AvgIpc) is 2.42. The van der Waals surface area contributed by atoms with E-state index in [-0.39, 0.29) is 0 Å². The molecule has 1 N–H and O–H groups in total. The van der Waals surface area contributed by atoms with Crippen LogP contribution in [0.4, 0.5) is 0 Å². The molecule has 3 nitrogen and oxygen atoms in total. The first kappa shape index (κ1) is 14.3. The highest BCUT2D eigenvalue weighted by atomic mass is 127. The van der Waals surface area contributed by atoms with Gasteiger partial charge in [-0.2, -0.15) is 0 Å². The summed E-state index contributed by atoms with van der Waals surface area (Å²) >= 11 is 2.27. The summed E-state index contributed by atoms with van der Waals surface area (Å²) in [5.41, 5.74) is 1.18. The van der Waals surface area contributed by atoms with Gasteiger partial charge < -0.3 is 10.1 Å². The molecular weight excluding hydrogens is 351 g/mol. The lowest BCUT2D eigenvalue weighted by molar-refractivity contribution is 0.460. The molecule has 0 saturated carbocycles. The van der Waals surface area contributed by atoms with E-state index in [4.69, 9.17) is 4.74 Å². The second-order valence-electron chi connectivity index (χ2n) is 4.26. The molecule has 0 aliphatic rings. The molecule has 2 rings (SSSR count). The minimum atomic E-state index is 0.298. The van der Waals surface area contributed by atoms with Gasteiger partial charge in [-0.25, -0.2) is 4.98 Å². The number of ether oxygens (including phenoxy) is 1. The van der Waals surface area contributed by atoms with Crippen LogP contribution in [-0.2, 0) is 0 Å². The smallest absolute Gasteiger partial charge is 0.219 e. The Morgan fingerprint density at radius 2 is 2.00 bits per heavy atom. The van der Waals surface area contributed by atoms with Crippen LogP contribution in [0.2, 0.25) is 0 Å². The third-order valence-electron chi connectivity index (χ3n) is 2.81. The lowest BCUT2D eigenvalue weighted by atomic mass is 10.1. The van der Waals surface area contributed by atoms with E-state index in [0.717, 1.165) is 12.3 Å². The predicted octanol–water partition coefficient (Wildman–Crippen LogP) is 4.15. The van der Waals surface area contributed by atoms with E-state index in [0.29, 0.717) is 11.9 Å². The fourth-order valence-corrected chi connectivity index (χ4v) is 2.16. The second kappa shape index (κ2) is 6.86. The van der Waals surface area contributed by atoms with E-state index in [1.165, 1.54) is 9.13 Å². The van der Waals surface area contributed by atoms with Crippen LogP contribution in [0.15, 0.2) is 42.6 Å². The lowest BCUT2D eigenvalue weighted by Crippen LogP contribution is -2.17. The molecule has 100 valence electrons. The molecule has 2 aromatic rings. The maximum absolute atomic E-state index is 5.76. The molecule has 0 amide bonds. The van der Waals surface area contributed by atoms with Gasteiger partial charge in [-0.3, -0.25) is 0 Å². The Morgan fingerprint density at radius 3 is 2.68 bits per heavy atom. The molecule has 1 heterocycles. The quantitative estimate of drug-likeness (QED) is 0.806. The van der Waals surface area contributed by atoms with Crippen molar-refractivity contribution in [2.45, 2.75) is 19.9 Å². The van der Waals surface area contributed by atoms with Gasteiger partial charge in [-0.05, 0) is 72.0 Å². The number of aromatic nitrogens is 1. The maximum Gasteiger partial charge on any atom is 0.219 e. The number of pyridine rings is 1. The number of benzene rings is 1. The minimum Gasteiger partial charge on any atom is -0.439 e. The number of hydrogen-bond acceptors (Lipinski definition) is 3. The van der Waals surface area contributed by atoms with Gasteiger partial charge in [0.1, 0.15) is 5.75 Å². The molecule has 0 fully saturated rings. The highest BCUT2D eigenvalue weighted by molar-refractivity contribution is 14.1. The normalized spacial score (nSPS) is 12.2. The number of nitrogens with one attached hydrogen (secondary N) is 1. The van der Waals surface area contributed by atoms with E-state index >= 15 is 0 Å². The van der Waals surface area contributed by atoms with Crippen molar-refractivity contribution in [1.29, 1.82) is 0 Å². The Bertz CT molecular complexity index is 528. The zero-order chi connectivity index (χ0) is 13.7. The summed E-state index contributed by atoms with van der Waals surface area (Å²) in [7, 11) is 0. The van der Waals surface area contributed by atoms with Crippen LogP contribution in [0, 0.1) is 3.57 Å². The van der Waals surface area contributed by atoms with Crippen molar-refractivity contribution in [2.75, 3.05) is 6.54 Å².